The van der Waals surface area contributed by atoms with Crippen molar-refractivity contribution in [3.8, 4) is 0 Å². The third-order valence-electron chi connectivity index (χ3n) is 1.82. The van der Waals surface area contributed by atoms with Gasteiger partial charge in [-0.25, -0.2) is 0 Å². The summed E-state index contributed by atoms with van der Waals surface area (Å²) in [6, 6.07) is -0.592. The number of ether oxygens (including phenoxy) is 1. The van der Waals surface area contributed by atoms with Crippen LogP contribution in [0.5, 0.6) is 0 Å². The number of hydrogen-bond donors (Lipinski definition) is 3. The standard InChI is InChI=1S/C8H18BNO4/c1-2-14-8(11)7(10)5-3-4-6-9(12)13/h7,12-13H,2-6,10H2,1H3. The Balaban J connectivity index is 3.43. The molecular weight excluding hydrogens is 185 g/mol. The van der Waals surface area contributed by atoms with Crippen molar-refractivity contribution in [2.45, 2.75) is 38.5 Å². The smallest absolute Gasteiger partial charge is 0.451 e. The number of nitrogens with two attached hydrogens (primary N) is 1. The van der Waals surface area contributed by atoms with Crippen LogP contribution in [0, 0.1) is 0 Å². The summed E-state index contributed by atoms with van der Waals surface area (Å²) in [6.45, 7) is 2.06. The second-order valence-electron chi connectivity index (χ2n) is 3.12. The molecule has 0 aliphatic rings. The third kappa shape index (κ3) is 6.88. The van der Waals surface area contributed by atoms with Gasteiger partial charge in [-0.3, -0.25) is 4.79 Å². The molecule has 0 radical (unpaired) electrons. The SMILES string of the molecule is CCOC(=O)C(N)CCCCB(O)O. The summed E-state index contributed by atoms with van der Waals surface area (Å²) >= 11 is 0. The number of carbonyl (C=O) groups is 1. The fourth-order valence-electron chi connectivity index (χ4n) is 1.06. The van der Waals surface area contributed by atoms with Crippen molar-refractivity contribution >= 4 is 13.1 Å². The molecule has 1 unspecified atom stereocenters. The lowest BCUT2D eigenvalue weighted by atomic mass is 9.83. The summed E-state index contributed by atoms with van der Waals surface area (Å²) in [7, 11) is -1.27. The van der Waals surface area contributed by atoms with Crippen LogP contribution < -0.4 is 5.73 Å². The molecule has 0 aromatic heterocycles. The maximum absolute atomic E-state index is 11.0. The molecule has 0 saturated heterocycles. The van der Waals surface area contributed by atoms with E-state index in [1.165, 1.54) is 0 Å². The minimum Gasteiger partial charge on any atom is -0.465 e. The first-order valence-corrected chi connectivity index (χ1v) is 4.86. The maximum Gasteiger partial charge on any atom is 0.451 e. The molecule has 0 aromatic carbocycles. The van der Waals surface area contributed by atoms with Crippen molar-refractivity contribution in [1.29, 1.82) is 0 Å². The Morgan fingerprint density at radius 1 is 1.50 bits per heavy atom. The molecule has 4 N–H and O–H groups in total. The van der Waals surface area contributed by atoms with Crippen LogP contribution in [0.1, 0.15) is 26.2 Å². The molecule has 0 spiro atoms. The fourth-order valence-corrected chi connectivity index (χ4v) is 1.06. The average Bonchev–Trinajstić information content (AvgIpc) is 2.12. The normalized spacial score (nSPS) is 12.3. The Hall–Kier alpha value is -0.585. The highest BCUT2D eigenvalue weighted by atomic mass is 16.5. The third-order valence-corrected chi connectivity index (χ3v) is 1.82. The van der Waals surface area contributed by atoms with Crippen LogP contribution in [0.3, 0.4) is 0 Å². The van der Waals surface area contributed by atoms with E-state index in [0.717, 1.165) is 0 Å². The second kappa shape index (κ2) is 7.79. The maximum atomic E-state index is 11.0. The van der Waals surface area contributed by atoms with E-state index in [1.807, 2.05) is 0 Å². The fraction of sp³-hybridized carbons (Fsp3) is 0.875. The van der Waals surface area contributed by atoms with Gasteiger partial charge in [-0.2, -0.15) is 0 Å². The van der Waals surface area contributed by atoms with E-state index in [1.54, 1.807) is 6.92 Å². The van der Waals surface area contributed by atoms with Crippen molar-refractivity contribution in [1.82, 2.24) is 0 Å². The van der Waals surface area contributed by atoms with Crippen molar-refractivity contribution in [2.24, 2.45) is 5.73 Å². The Labute approximate surface area is 84.4 Å². The topological polar surface area (TPSA) is 92.8 Å². The first-order chi connectivity index (χ1) is 6.57. The van der Waals surface area contributed by atoms with Crippen molar-refractivity contribution in [2.75, 3.05) is 6.61 Å². The molecule has 0 heterocycles. The highest BCUT2D eigenvalue weighted by Gasteiger charge is 2.14. The summed E-state index contributed by atoms with van der Waals surface area (Å²) in [6.07, 6.45) is 2.17. The van der Waals surface area contributed by atoms with E-state index in [0.29, 0.717) is 32.2 Å². The zero-order valence-electron chi connectivity index (χ0n) is 8.48. The molecule has 0 saturated carbocycles. The van der Waals surface area contributed by atoms with Gasteiger partial charge in [0, 0.05) is 0 Å². The lowest BCUT2D eigenvalue weighted by Gasteiger charge is -2.09. The van der Waals surface area contributed by atoms with Gasteiger partial charge in [-0.15, -0.1) is 0 Å². The van der Waals surface area contributed by atoms with Gasteiger partial charge >= 0.3 is 13.1 Å². The Bertz CT molecular complexity index is 165. The first kappa shape index (κ1) is 13.4. The number of esters is 1. The lowest BCUT2D eigenvalue weighted by molar-refractivity contribution is -0.144. The number of hydrogen-bond acceptors (Lipinski definition) is 5. The van der Waals surface area contributed by atoms with Crippen molar-refractivity contribution < 1.29 is 19.6 Å². The van der Waals surface area contributed by atoms with Gasteiger partial charge < -0.3 is 20.5 Å². The van der Waals surface area contributed by atoms with Crippen LogP contribution in [-0.4, -0.2) is 35.8 Å². The number of unbranched alkanes of at least 4 members (excludes halogenated alkanes) is 1. The van der Waals surface area contributed by atoms with Crippen LogP contribution >= 0.6 is 0 Å². The van der Waals surface area contributed by atoms with Gasteiger partial charge in [0.1, 0.15) is 6.04 Å². The van der Waals surface area contributed by atoms with Crippen LogP contribution in [0.2, 0.25) is 6.32 Å². The molecule has 0 rings (SSSR count). The van der Waals surface area contributed by atoms with Gasteiger partial charge in [-0.1, -0.05) is 12.8 Å². The molecule has 5 nitrogen and oxygen atoms in total. The van der Waals surface area contributed by atoms with Gasteiger partial charge in [0.05, 0.1) is 6.61 Å². The molecule has 1 atom stereocenters. The Kier molecular flexibility index (Phi) is 7.46. The van der Waals surface area contributed by atoms with E-state index >= 15 is 0 Å². The highest BCUT2D eigenvalue weighted by Crippen LogP contribution is 2.04. The molecule has 0 bridgehead atoms. The lowest BCUT2D eigenvalue weighted by Crippen LogP contribution is -2.32. The van der Waals surface area contributed by atoms with E-state index in [9.17, 15) is 4.79 Å². The molecule has 82 valence electrons. The predicted octanol–water partition coefficient (Wildman–Crippen LogP) is -0.480. The van der Waals surface area contributed by atoms with Crippen LogP contribution in [0.25, 0.3) is 0 Å². The van der Waals surface area contributed by atoms with E-state index in [2.05, 4.69) is 0 Å². The van der Waals surface area contributed by atoms with Gasteiger partial charge in [-0.05, 0) is 19.7 Å². The van der Waals surface area contributed by atoms with Crippen molar-refractivity contribution in [3.05, 3.63) is 0 Å². The minimum atomic E-state index is -1.27. The summed E-state index contributed by atoms with van der Waals surface area (Å²) in [5.41, 5.74) is 5.52. The Morgan fingerprint density at radius 2 is 2.14 bits per heavy atom. The van der Waals surface area contributed by atoms with Gasteiger partial charge in [0.15, 0.2) is 0 Å². The number of rotatable bonds is 7. The zero-order chi connectivity index (χ0) is 11.0. The summed E-state index contributed by atoms with van der Waals surface area (Å²) in [5.74, 6) is -0.392. The largest absolute Gasteiger partial charge is 0.465 e. The molecule has 0 aliphatic carbocycles. The highest BCUT2D eigenvalue weighted by molar-refractivity contribution is 6.40. The monoisotopic (exact) mass is 203 g/mol. The average molecular weight is 203 g/mol. The Morgan fingerprint density at radius 3 is 2.64 bits per heavy atom. The molecule has 14 heavy (non-hydrogen) atoms. The van der Waals surface area contributed by atoms with Crippen LogP contribution in [0.15, 0.2) is 0 Å². The molecular formula is C8H18BNO4. The molecule has 6 heteroatoms. The zero-order valence-corrected chi connectivity index (χ0v) is 8.48. The summed E-state index contributed by atoms with van der Waals surface area (Å²) < 4.78 is 4.72. The van der Waals surface area contributed by atoms with Gasteiger partial charge in [0.2, 0.25) is 0 Å². The van der Waals surface area contributed by atoms with Crippen LogP contribution in [0.4, 0.5) is 0 Å². The van der Waals surface area contributed by atoms with E-state index in [4.69, 9.17) is 20.5 Å². The second-order valence-corrected chi connectivity index (χ2v) is 3.12. The minimum absolute atomic E-state index is 0.315. The van der Waals surface area contributed by atoms with E-state index in [-0.39, 0.29) is 0 Å². The van der Waals surface area contributed by atoms with Crippen LogP contribution in [-0.2, 0) is 9.53 Å². The molecule has 0 aliphatic heterocycles. The summed E-state index contributed by atoms with van der Waals surface area (Å²) in [4.78, 5) is 11.0. The molecule has 0 fully saturated rings. The summed E-state index contributed by atoms with van der Waals surface area (Å²) in [5, 5.41) is 17.1. The van der Waals surface area contributed by atoms with E-state index < -0.39 is 19.1 Å². The number of carbonyl (C=O) groups excluding carboxylic acids is 1. The van der Waals surface area contributed by atoms with Crippen molar-refractivity contribution in [3.63, 3.8) is 0 Å². The first-order valence-electron chi connectivity index (χ1n) is 4.86. The molecule has 0 amide bonds. The predicted molar refractivity (Wildman–Crippen MR) is 53.5 cm³/mol. The quantitative estimate of drug-likeness (QED) is 0.295. The van der Waals surface area contributed by atoms with Gasteiger partial charge in [0.25, 0.3) is 0 Å². The molecule has 0 aromatic rings.